The van der Waals surface area contributed by atoms with E-state index >= 15 is 0 Å². The van der Waals surface area contributed by atoms with Crippen molar-refractivity contribution in [2.24, 2.45) is 5.92 Å². The smallest absolute Gasteiger partial charge is 0.293 e. The van der Waals surface area contributed by atoms with Crippen LogP contribution in [-0.2, 0) is 14.3 Å². The summed E-state index contributed by atoms with van der Waals surface area (Å²) in [6, 6.07) is 0.307. The summed E-state index contributed by atoms with van der Waals surface area (Å²) in [5.41, 5.74) is 0. The molecule has 3 unspecified atom stereocenters. The highest BCUT2D eigenvalue weighted by Gasteiger charge is 2.43. The number of ether oxygens (including phenoxy) is 1. The Balaban J connectivity index is 2.10. The number of hydrogen-bond acceptors (Lipinski definition) is 3. The summed E-state index contributed by atoms with van der Waals surface area (Å²) in [4.78, 5) is 23.9. The molecular formula is C11H17NO3. The molecule has 0 aliphatic carbocycles. The fourth-order valence-corrected chi connectivity index (χ4v) is 2.99. The molecule has 2 rings (SSSR count). The van der Waals surface area contributed by atoms with Gasteiger partial charge in [-0.05, 0) is 12.8 Å². The van der Waals surface area contributed by atoms with Crippen LogP contribution in [0.5, 0.6) is 0 Å². The molecule has 15 heavy (non-hydrogen) atoms. The Morgan fingerprint density at radius 2 is 2.33 bits per heavy atom. The third-order valence-electron chi connectivity index (χ3n) is 3.70. The lowest BCUT2D eigenvalue weighted by Crippen LogP contribution is -2.49. The van der Waals surface area contributed by atoms with Gasteiger partial charge >= 0.3 is 0 Å². The summed E-state index contributed by atoms with van der Waals surface area (Å²) in [6.45, 7) is 3.39. The topological polar surface area (TPSA) is 46.6 Å². The fraction of sp³-hybridized carbons (Fsp3) is 0.818. The molecule has 2 fully saturated rings. The van der Waals surface area contributed by atoms with Crippen molar-refractivity contribution in [3.63, 3.8) is 0 Å². The molecule has 84 valence electrons. The molecule has 0 radical (unpaired) electrons. The zero-order valence-electron chi connectivity index (χ0n) is 9.02. The van der Waals surface area contributed by atoms with Gasteiger partial charge in [0.05, 0.1) is 0 Å². The van der Waals surface area contributed by atoms with E-state index in [0.29, 0.717) is 24.9 Å². The quantitative estimate of drug-likeness (QED) is 0.653. The molecule has 0 aromatic carbocycles. The standard InChI is InChI=1S/C11H17NO3/c1-2-8-9-3-4-11(14)12(9)6-5-10(8)15-7-13/h7-10H,2-6H2,1H3. The summed E-state index contributed by atoms with van der Waals surface area (Å²) in [5.74, 6) is 0.596. The number of nitrogens with zero attached hydrogens (tertiary/aromatic N) is 1. The van der Waals surface area contributed by atoms with Crippen molar-refractivity contribution in [2.45, 2.75) is 44.8 Å². The number of fused-ring (bicyclic) bond motifs is 1. The number of amides is 1. The zero-order chi connectivity index (χ0) is 10.8. The highest BCUT2D eigenvalue weighted by molar-refractivity contribution is 5.79. The molecular weight excluding hydrogens is 194 g/mol. The maximum Gasteiger partial charge on any atom is 0.293 e. The van der Waals surface area contributed by atoms with Crippen LogP contribution in [0.2, 0.25) is 0 Å². The predicted octanol–water partition coefficient (Wildman–Crippen LogP) is 0.949. The van der Waals surface area contributed by atoms with Gasteiger partial charge in [0.2, 0.25) is 5.91 Å². The summed E-state index contributed by atoms with van der Waals surface area (Å²) in [6.07, 6.45) is 3.36. The first-order chi connectivity index (χ1) is 7.27. The lowest BCUT2D eigenvalue weighted by Gasteiger charge is -2.40. The Morgan fingerprint density at radius 3 is 3.00 bits per heavy atom. The van der Waals surface area contributed by atoms with Gasteiger partial charge in [-0.25, -0.2) is 0 Å². The van der Waals surface area contributed by atoms with Crippen molar-refractivity contribution in [1.82, 2.24) is 4.90 Å². The second kappa shape index (κ2) is 4.21. The number of carbonyl (C=O) groups is 2. The molecule has 0 spiro atoms. The predicted molar refractivity (Wildman–Crippen MR) is 54.1 cm³/mol. The van der Waals surface area contributed by atoms with Gasteiger partial charge in [-0.1, -0.05) is 6.92 Å². The van der Waals surface area contributed by atoms with Gasteiger partial charge in [0, 0.05) is 31.3 Å². The van der Waals surface area contributed by atoms with E-state index in [0.717, 1.165) is 25.8 Å². The first-order valence-electron chi connectivity index (χ1n) is 5.66. The minimum absolute atomic E-state index is 0.0136. The third-order valence-corrected chi connectivity index (χ3v) is 3.70. The molecule has 0 aromatic heterocycles. The third kappa shape index (κ3) is 1.73. The van der Waals surface area contributed by atoms with Gasteiger partial charge in [-0.15, -0.1) is 0 Å². The molecule has 0 N–H and O–H groups in total. The van der Waals surface area contributed by atoms with Crippen molar-refractivity contribution >= 4 is 12.4 Å². The molecule has 0 bridgehead atoms. The Kier molecular flexibility index (Phi) is 2.93. The lowest BCUT2D eigenvalue weighted by molar-refractivity contribution is -0.144. The van der Waals surface area contributed by atoms with Gasteiger partial charge in [0.1, 0.15) is 6.10 Å². The summed E-state index contributed by atoms with van der Waals surface area (Å²) in [7, 11) is 0. The lowest BCUT2D eigenvalue weighted by atomic mass is 9.84. The highest BCUT2D eigenvalue weighted by atomic mass is 16.5. The Bertz CT molecular complexity index is 267. The van der Waals surface area contributed by atoms with Crippen molar-refractivity contribution in [1.29, 1.82) is 0 Å². The van der Waals surface area contributed by atoms with Crippen LogP contribution in [0.4, 0.5) is 0 Å². The van der Waals surface area contributed by atoms with Crippen LogP contribution in [0.15, 0.2) is 0 Å². The Morgan fingerprint density at radius 1 is 1.53 bits per heavy atom. The maximum atomic E-state index is 11.6. The highest BCUT2D eigenvalue weighted by Crippen LogP contribution is 2.35. The van der Waals surface area contributed by atoms with Gasteiger partial charge in [0.25, 0.3) is 6.47 Å². The van der Waals surface area contributed by atoms with Crippen LogP contribution in [0.1, 0.15) is 32.6 Å². The molecule has 2 heterocycles. The van der Waals surface area contributed by atoms with Gasteiger partial charge in [-0.2, -0.15) is 0 Å². The molecule has 2 aliphatic rings. The van der Waals surface area contributed by atoms with Gasteiger partial charge in [0.15, 0.2) is 0 Å². The second-order valence-corrected chi connectivity index (χ2v) is 4.32. The van der Waals surface area contributed by atoms with Gasteiger partial charge in [-0.3, -0.25) is 9.59 Å². The van der Waals surface area contributed by atoms with E-state index < -0.39 is 0 Å². The van der Waals surface area contributed by atoms with Crippen LogP contribution in [0.25, 0.3) is 0 Å². The van der Waals surface area contributed by atoms with Crippen LogP contribution in [0, 0.1) is 5.92 Å². The van der Waals surface area contributed by atoms with Crippen molar-refractivity contribution in [3.05, 3.63) is 0 Å². The largest absolute Gasteiger partial charge is 0.464 e. The summed E-state index contributed by atoms with van der Waals surface area (Å²) >= 11 is 0. The Hall–Kier alpha value is -1.06. The number of hydrogen-bond donors (Lipinski definition) is 0. The van der Waals surface area contributed by atoms with Crippen LogP contribution in [0.3, 0.4) is 0 Å². The normalized spacial score (nSPS) is 35.1. The van der Waals surface area contributed by atoms with Crippen LogP contribution >= 0.6 is 0 Å². The van der Waals surface area contributed by atoms with E-state index in [1.165, 1.54) is 0 Å². The van der Waals surface area contributed by atoms with Crippen LogP contribution < -0.4 is 0 Å². The number of piperidine rings is 1. The van der Waals surface area contributed by atoms with E-state index in [1.54, 1.807) is 0 Å². The first kappa shape index (κ1) is 10.5. The molecule has 2 aliphatic heterocycles. The SMILES string of the molecule is CCC1C(OC=O)CCN2C(=O)CCC12. The second-order valence-electron chi connectivity index (χ2n) is 4.32. The minimum Gasteiger partial charge on any atom is -0.464 e. The molecule has 0 saturated carbocycles. The molecule has 4 nitrogen and oxygen atoms in total. The fourth-order valence-electron chi connectivity index (χ4n) is 2.99. The van der Waals surface area contributed by atoms with E-state index in [9.17, 15) is 9.59 Å². The van der Waals surface area contributed by atoms with Gasteiger partial charge < -0.3 is 9.64 Å². The molecule has 3 atom stereocenters. The van der Waals surface area contributed by atoms with E-state index in [1.807, 2.05) is 4.90 Å². The molecule has 1 amide bonds. The van der Waals surface area contributed by atoms with Crippen LogP contribution in [-0.4, -0.2) is 36.0 Å². The average Bonchev–Trinajstić information content (AvgIpc) is 2.61. The molecule has 4 heteroatoms. The van der Waals surface area contributed by atoms with E-state index in [-0.39, 0.29) is 12.0 Å². The monoisotopic (exact) mass is 211 g/mol. The number of carbonyl (C=O) groups excluding carboxylic acids is 2. The average molecular weight is 211 g/mol. The minimum atomic E-state index is 0.0136. The molecule has 2 saturated heterocycles. The van der Waals surface area contributed by atoms with E-state index in [4.69, 9.17) is 4.74 Å². The van der Waals surface area contributed by atoms with Crippen molar-refractivity contribution in [3.8, 4) is 0 Å². The maximum absolute atomic E-state index is 11.6. The molecule has 0 aromatic rings. The van der Waals surface area contributed by atoms with E-state index in [2.05, 4.69) is 6.92 Å². The zero-order valence-corrected chi connectivity index (χ0v) is 9.02. The van der Waals surface area contributed by atoms with Crippen molar-refractivity contribution < 1.29 is 14.3 Å². The Labute approximate surface area is 89.6 Å². The summed E-state index contributed by atoms with van der Waals surface area (Å²) < 4.78 is 5.11. The first-order valence-corrected chi connectivity index (χ1v) is 5.66. The summed E-state index contributed by atoms with van der Waals surface area (Å²) in [5, 5.41) is 0. The van der Waals surface area contributed by atoms with Crippen molar-refractivity contribution in [2.75, 3.05) is 6.54 Å². The number of rotatable bonds is 3.